The second kappa shape index (κ2) is 16.4. The highest BCUT2D eigenvalue weighted by atomic mass is 15.1. The first-order valence-electron chi connectivity index (χ1n) is 20.3. The van der Waals surface area contributed by atoms with Gasteiger partial charge in [-0.05, 0) is 35.4 Å². The van der Waals surface area contributed by atoms with Crippen molar-refractivity contribution in [3.8, 4) is 79.2 Å². The largest absolute Gasteiger partial charge is 0.292 e. The van der Waals surface area contributed by atoms with E-state index in [1.165, 1.54) is 0 Å². The highest BCUT2D eigenvalue weighted by molar-refractivity contribution is 5.86. The van der Waals surface area contributed by atoms with Crippen LogP contribution in [0.1, 0.15) is 11.1 Å². The van der Waals surface area contributed by atoms with E-state index in [1.54, 1.807) is 0 Å². The molecule has 0 spiro atoms. The number of hydrogen-bond acceptors (Lipinski definition) is 2. The van der Waals surface area contributed by atoms with Crippen molar-refractivity contribution in [2.45, 2.75) is 0 Å². The van der Waals surface area contributed by atoms with E-state index in [4.69, 9.17) is 9.97 Å². The first-order valence-corrected chi connectivity index (χ1v) is 20.3. The van der Waals surface area contributed by atoms with Gasteiger partial charge in [0, 0.05) is 44.8 Å². The number of aromatic nitrogens is 4. The molecule has 0 aliphatic heterocycles. The highest BCUT2D eigenvalue weighted by Gasteiger charge is 2.24. The lowest BCUT2D eigenvalue weighted by Crippen LogP contribution is -2.00. The first kappa shape index (κ1) is 36.3. The predicted octanol–water partition coefficient (Wildman–Crippen LogP) is 14.2. The molecule has 0 unspecified atom stereocenters. The van der Waals surface area contributed by atoms with Crippen molar-refractivity contribution in [2.75, 3.05) is 0 Å². The van der Waals surface area contributed by atoms with Crippen LogP contribution in [0.2, 0.25) is 0 Å². The minimum atomic E-state index is 0.893. The van der Waals surface area contributed by atoms with Crippen LogP contribution < -0.4 is 0 Å². The van der Waals surface area contributed by atoms with Crippen LogP contribution in [0.25, 0.3) is 91.3 Å². The summed E-state index contributed by atoms with van der Waals surface area (Å²) in [4.78, 5) is 10.7. The van der Waals surface area contributed by atoms with E-state index in [1.807, 2.05) is 12.1 Å². The maximum atomic E-state index is 5.36. The molecule has 0 amide bonds. The second-order valence-electron chi connectivity index (χ2n) is 14.6. The van der Waals surface area contributed by atoms with Crippen molar-refractivity contribution in [1.82, 2.24) is 19.1 Å². The van der Waals surface area contributed by atoms with Crippen molar-refractivity contribution < 1.29 is 0 Å². The summed E-state index contributed by atoms with van der Waals surface area (Å²) in [7, 11) is 0. The molecular formula is C56H40N4. The zero-order valence-electron chi connectivity index (χ0n) is 32.9. The molecule has 0 fully saturated rings. The van der Waals surface area contributed by atoms with E-state index >= 15 is 0 Å². The lowest BCUT2D eigenvalue weighted by Gasteiger charge is -2.14. The number of imidazole rings is 2. The summed E-state index contributed by atoms with van der Waals surface area (Å²) in [6.45, 7) is 0. The Morgan fingerprint density at radius 1 is 0.267 bits per heavy atom. The summed E-state index contributed by atoms with van der Waals surface area (Å²) in [5, 5.41) is 0. The lowest BCUT2D eigenvalue weighted by molar-refractivity contribution is 1.07. The Kier molecular flexibility index (Phi) is 9.92. The summed E-state index contributed by atoms with van der Waals surface area (Å²) >= 11 is 0. The van der Waals surface area contributed by atoms with Gasteiger partial charge in [-0.3, -0.25) is 9.13 Å². The van der Waals surface area contributed by atoms with E-state index in [9.17, 15) is 0 Å². The molecule has 2 aromatic heterocycles. The van der Waals surface area contributed by atoms with Crippen LogP contribution in [0.15, 0.2) is 231 Å². The van der Waals surface area contributed by atoms with Gasteiger partial charge in [0.05, 0.1) is 22.8 Å². The molecule has 0 saturated heterocycles. The van der Waals surface area contributed by atoms with Gasteiger partial charge >= 0.3 is 0 Å². The maximum Gasteiger partial charge on any atom is 0.145 e. The van der Waals surface area contributed by atoms with E-state index < -0.39 is 0 Å². The molecule has 10 aromatic rings. The zero-order chi connectivity index (χ0) is 40.1. The third kappa shape index (κ3) is 7.19. The van der Waals surface area contributed by atoms with Crippen LogP contribution in [0.5, 0.6) is 0 Å². The Morgan fingerprint density at radius 2 is 0.550 bits per heavy atom. The molecule has 0 N–H and O–H groups in total. The van der Waals surface area contributed by atoms with Crippen LogP contribution in [0, 0.1) is 0 Å². The monoisotopic (exact) mass is 768 g/mol. The van der Waals surface area contributed by atoms with E-state index in [0.717, 1.165) is 90.3 Å². The molecule has 0 aliphatic rings. The van der Waals surface area contributed by atoms with Gasteiger partial charge in [0.25, 0.3) is 0 Å². The molecule has 284 valence electrons. The lowest BCUT2D eigenvalue weighted by atomic mass is 10.0. The average molecular weight is 769 g/mol. The molecule has 2 heterocycles. The van der Waals surface area contributed by atoms with Gasteiger partial charge in [0.1, 0.15) is 11.6 Å². The predicted molar refractivity (Wildman–Crippen MR) is 249 cm³/mol. The fraction of sp³-hybridized carbons (Fsp3) is 0. The Morgan fingerprint density at radius 3 is 0.867 bits per heavy atom. The summed E-state index contributed by atoms with van der Waals surface area (Å²) in [6.07, 6.45) is 4.33. The molecule has 60 heavy (non-hydrogen) atoms. The molecule has 0 bridgehead atoms. The van der Waals surface area contributed by atoms with E-state index in [0.29, 0.717) is 0 Å². The topological polar surface area (TPSA) is 35.6 Å². The van der Waals surface area contributed by atoms with Crippen LogP contribution in [-0.4, -0.2) is 19.1 Å². The Balaban J connectivity index is 0.993. The molecule has 10 rings (SSSR count). The van der Waals surface area contributed by atoms with Crippen molar-refractivity contribution in [3.05, 3.63) is 242 Å². The van der Waals surface area contributed by atoms with E-state index in [-0.39, 0.29) is 0 Å². The highest BCUT2D eigenvalue weighted by Crippen LogP contribution is 2.40. The number of hydrogen-bond donors (Lipinski definition) is 0. The third-order valence-corrected chi connectivity index (χ3v) is 10.8. The van der Waals surface area contributed by atoms with Crippen molar-refractivity contribution in [2.24, 2.45) is 0 Å². The second-order valence-corrected chi connectivity index (χ2v) is 14.6. The smallest absolute Gasteiger partial charge is 0.145 e. The molecule has 4 nitrogen and oxygen atoms in total. The summed E-state index contributed by atoms with van der Waals surface area (Å²) < 4.78 is 4.58. The SMILES string of the molecule is C(=C\c1ccc(-c2nc(-c3ccccc3)c(-c3ccccc3)n2-c2ccccc2)cc1)/c1ccc(-c2nc(-c3ccccc3)c(-c3ccccc3)n2-c2ccccc2)cc1. The van der Waals surface area contributed by atoms with E-state index in [2.05, 4.69) is 240 Å². The maximum absolute atomic E-state index is 5.36. The van der Waals surface area contributed by atoms with Crippen molar-refractivity contribution in [1.29, 1.82) is 0 Å². The minimum Gasteiger partial charge on any atom is -0.292 e. The molecule has 0 saturated carbocycles. The van der Waals surface area contributed by atoms with Crippen LogP contribution >= 0.6 is 0 Å². The normalized spacial score (nSPS) is 11.3. The number of para-hydroxylation sites is 2. The standard InChI is InChI=1S/C56H40N4/c1-7-19-43(20-8-1)51-53(45-23-11-3-12-24-45)59(49-27-15-5-16-28-49)55(57-51)47-37-33-41(34-38-47)31-32-42-35-39-48(40-36-42)56-58-52(44-21-9-2-10-22-44)54(46-25-13-4-14-26-46)60(56)50-29-17-6-18-30-50/h1-40H/b32-31+. The number of rotatable bonds is 10. The van der Waals surface area contributed by atoms with Gasteiger partial charge in [0.2, 0.25) is 0 Å². The molecule has 0 radical (unpaired) electrons. The van der Waals surface area contributed by atoms with Gasteiger partial charge in [-0.15, -0.1) is 0 Å². The van der Waals surface area contributed by atoms with Gasteiger partial charge in [-0.25, -0.2) is 9.97 Å². The zero-order valence-corrected chi connectivity index (χ0v) is 32.9. The number of nitrogens with zero attached hydrogens (tertiary/aromatic N) is 4. The molecule has 0 aliphatic carbocycles. The van der Waals surface area contributed by atoms with Crippen LogP contribution in [-0.2, 0) is 0 Å². The fourth-order valence-electron chi connectivity index (χ4n) is 7.88. The summed E-state index contributed by atoms with van der Waals surface area (Å²) in [6, 6.07) is 80.4. The van der Waals surface area contributed by atoms with Gasteiger partial charge in [-0.2, -0.15) is 0 Å². The quantitative estimate of drug-likeness (QED) is 0.130. The third-order valence-electron chi connectivity index (χ3n) is 10.8. The van der Waals surface area contributed by atoms with Gasteiger partial charge in [-0.1, -0.05) is 218 Å². The molecule has 4 heteroatoms. The Bertz CT molecular complexity index is 2800. The molecular weight excluding hydrogens is 729 g/mol. The van der Waals surface area contributed by atoms with Crippen LogP contribution in [0.4, 0.5) is 0 Å². The van der Waals surface area contributed by atoms with Crippen LogP contribution in [0.3, 0.4) is 0 Å². The minimum absolute atomic E-state index is 0.893. The Labute approximate surface area is 350 Å². The first-order chi connectivity index (χ1) is 29.8. The van der Waals surface area contributed by atoms with Crippen molar-refractivity contribution >= 4 is 12.2 Å². The molecule has 8 aromatic carbocycles. The summed E-state index contributed by atoms with van der Waals surface area (Å²) in [5.41, 5.74) is 14.8. The van der Waals surface area contributed by atoms with Gasteiger partial charge in [0.15, 0.2) is 0 Å². The molecule has 0 atom stereocenters. The summed E-state index contributed by atoms with van der Waals surface area (Å²) in [5.74, 6) is 1.79. The number of benzene rings is 8. The van der Waals surface area contributed by atoms with Crippen molar-refractivity contribution in [3.63, 3.8) is 0 Å². The van der Waals surface area contributed by atoms with Gasteiger partial charge < -0.3 is 0 Å². The average Bonchev–Trinajstić information content (AvgIpc) is 3.94. The fourth-order valence-corrected chi connectivity index (χ4v) is 7.88. The Hall–Kier alpha value is -8.08.